The predicted molar refractivity (Wildman–Crippen MR) is 78.2 cm³/mol. The van der Waals surface area contributed by atoms with Crippen LogP contribution in [0.1, 0.15) is 44.4 Å². The second-order valence-electron chi connectivity index (χ2n) is 5.25. The van der Waals surface area contributed by atoms with E-state index in [1.54, 1.807) is 11.3 Å². The molecule has 3 nitrogen and oxygen atoms in total. The summed E-state index contributed by atoms with van der Waals surface area (Å²) in [4.78, 5) is 13.6. The highest BCUT2D eigenvalue weighted by atomic mass is 32.1. The lowest BCUT2D eigenvalue weighted by molar-refractivity contribution is -0.151. The third kappa shape index (κ3) is 3.37. The van der Waals surface area contributed by atoms with Gasteiger partial charge in [0.15, 0.2) is 0 Å². The Bertz CT molecular complexity index is 404. The fraction of sp³-hybridized carbons (Fsp3) is 0.667. The van der Waals surface area contributed by atoms with Crippen LogP contribution >= 0.6 is 11.3 Å². The number of hydrogen-bond donors (Lipinski definition) is 1. The number of carbonyl (C=O) groups excluding carboxylic acids is 1. The van der Waals surface area contributed by atoms with Crippen LogP contribution in [0.4, 0.5) is 0 Å². The third-order valence-electron chi connectivity index (χ3n) is 4.04. The Balaban J connectivity index is 2.04. The molecule has 106 valence electrons. The van der Waals surface area contributed by atoms with Crippen molar-refractivity contribution < 1.29 is 9.53 Å². The van der Waals surface area contributed by atoms with Gasteiger partial charge in [-0.2, -0.15) is 0 Å². The zero-order valence-corrected chi connectivity index (χ0v) is 12.6. The van der Waals surface area contributed by atoms with Crippen molar-refractivity contribution in [2.45, 2.75) is 51.6 Å². The molecule has 0 amide bonds. The van der Waals surface area contributed by atoms with Gasteiger partial charge in [-0.3, -0.25) is 10.1 Å². The van der Waals surface area contributed by atoms with E-state index < -0.39 is 5.54 Å². The normalized spacial score (nSPS) is 26.5. The van der Waals surface area contributed by atoms with E-state index >= 15 is 0 Å². The smallest absolute Gasteiger partial charge is 0.326 e. The molecule has 1 heterocycles. The van der Waals surface area contributed by atoms with Crippen molar-refractivity contribution in [2.24, 2.45) is 5.92 Å². The van der Waals surface area contributed by atoms with Crippen molar-refractivity contribution in [3.05, 3.63) is 22.4 Å². The summed E-state index contributed by atoms with van der Waals surface area (Å²) >= 11 is 1.72. The van der Waals surface area contributed by atoms with Crippen LogP contribution in [0.2, 0.25) is 0 Å². The van der Waals surface area contributed by atoms with Gasteiger partial charge in [0.1, 0.15) is 5.54 Å². The van der Waals surface area contributed by atoms with Gasteiger partial charge in [-0.25, -0.2) is 0 Å². The summed E-state index contributed by atoms with van der Waals surface area (Å²) in [5, 5.41) is 5.55. The molecule has 1 aromatic rings. The van der Waals surface area contributed by atoms with E-state index in [4.69, 9.17) is 4.74 Å². The minimum Gasteiger partial charge on any atom is -0.465 e. The van der Waals surface area contributed by atoms with Gasteiger partial charge in [0.05, 0.1) is 6.61 Å². The van der Waals surface area contributed by atoms with Crippen LogP contribution in [0.25, 0.3) is 0 Å². The van der Waals surface area contributed by atoms with Gasteiger partial charge in [-0.15, -0.1) is 11.3 Å². The quantitative estimate of drug-likeness (QED) is 0.813. The fourth-order valence-corrected chi connectivity index (χ4v) is 3.50. The Morgan fingerprint density at radius 2 is 2.42 bits per heavy atom. The van der Waals surface area contributed by atoms with Crippen molar-refractivity contribution in [3.63, 3.8) is 0 Å². The summed E-state index contributed by atoms with van der Waals surface area (Å²) in [6, 6.07) is 4.14. The first-order valence-corrected chi connectivity index (χ1v) is 8.02. The van der Waals surface area contributed by atoms with Gasteiger partial charge in [0.25, 0.3) is 0 Å². The molecule has 0 bridgehead atoms. The number of hydrogen-bond acceptors (Lipinski definition) is 4. The Labute approximate surface area is 119 Å². The van der Waals surface area contributed by atoms with Crippen LogP contribution in [0.15, 0.2) is 17.5 Å². The molecule has 1 fully saturated rings. The molecule has 19 heavy (non-hydrogen) atoms. The summed E-state index contributed by atoms with van der Waals surface area (Å²) in [6.45, 7) is 5.28. The van der Waals surface area contributed by atoms with E-state index in [2.05, 4.69) is 23.7 Å². The van der Waals surface area contributed by atoms with Gasteiger partial charge in [-0.05, 0) is 43.6 Å². The average Bonchev–Trinajstić information content (AvgIpc) is 3.07. The fourth-order valence-electron chi connectivity index (χ4n) is 2.85. The average molecular weight is 281 g/mol. The molecule has 0 aromatic carbocycles. The number of esters is 1. The molecule has 1 aliphatic rings. The lowest BCUT2D eigenvalue weighted by atomic mass is 9.95. The molecule has 1 saturated carbocycles. The van der Waals surface area contributed by atoms with Crippen LogP contribution in [0, 0.1) is 5.92 Å². The lowest BCUT2D eigenvalue weighted by Gasteiger charge is -2.28. The van der Waals surface area contributed by atoms with E-state index in [1.165, 1.54) is 4.88 Å². The molecule has 2 rings (SSSR count). The predicted octanol–water partition coefficient (Wildman–Crippen LogP) is 3.35. The first kappa shape index (κ1) is 14.5. The summed E-state index contributed by atoms with van der Waals surface area (Å²) in [6.07, 6.45) is 4.07. The minimum atomic E-state index is -0.458. The van der Waals surface area contributed by atoms with Crippen LogP contribution < -0.4 is 5.32 Å². The first-order chi connectivity index (χ1) is 9.20. The maximum Gasteiger partial charge on any atom is 0.326 e. The molecule has 0 spiro atoms. The lowest BCUT2D eigenvalue weighted by Crippen LogP contribution is -2.50. The van der Waals surface area contributed by atoms with Crippen molar-refractivity contribution >= 4 is 17.3 Å². The Hall–Kier alpha value is -0.870. The van der Waals surface area contributed by atoms with Crippen LogP contribution in [0.3, 0.4) is 0 Å². The second kappa shape index (κ2) is 6.53. The van der Waals surface area contributed by atoms with Crippen LogP contribution in [0.5, 0.6) is 0 Å². The van der Waals surface area contributed by atoms with Gasteiger partial charge < -0.3 is 4.74 Å². The molecule has 0 aliphatic heterocycles. The molecule has 4 heteroatoms. The molecule has 2 atom stereocenters. The molecular formula is C15H23NO2S. The molecule has 2 unspecified atom stereocenters. The van der Waals surface area contributed by atoms with Gasteiger partial charge >= 0.3 is 5.97 Å². The number of carbonyl (C=O) groups is 1. The van der Waals surface area contributed by atoms with E-state index in [9.17, 15) is 4.79 Å². The molecule has 0 radical (unpaired) electrons. The highest BCUT2D eigenvalue weighted by Gasteiger charge is 2.45. The monoisotopic (exact) mass is 281 g/mol. The van der Waals surface area contributed by atoms with Crippen molar-refractivity contribution in [3.8, 4) is 0 Å². The first-order valence-electron chi connectivity index (χ1n) is 7.15. The van der Waals surface area contributed by atoms with Gasteiger partial charge in [0.2, 0.25) is 0 Å². The number of ether oxygens (including phenoxy) is 1. The standard InChI is InChI=1S/C15H23NO2S/c1-3-12-7-8-15(10-12,14(17)18-4-2)16-11-13-6-5-9-19-13/h5-6,9,12,16H,3-4,7-8,10-11H2,1-2H3. The minimum absolute atomic E-state index is 0.0671. The number of rotatable bonds is 6. The van der Waals surface area contributed by atoms with Crippen molar-refractivity contribution in [1.29, 1.82) is 0 Å². The molecule has 1 N–H and O–H groups in total. The van der Waals surface area contributed by atoms with Gasteiger partial charge in [0, 0.05) is 11.4 Å². The van der Waals surface area contributed by atoms with E-state index in [1.807, 2.05) is 13.0 Å². The highest BCUT2D eigenvalue weighted by Crippen LogP contribution is 2.37. The Morgan fingerprint density at radius 1 is 1.58 bits per heavy atom. The van der Waals surface area contributed by atoms with Crippen LogP contribution in [-0.2, 0) is 16.1 Å². The summed E-state index contributed by atoms with van der Waals surface area (Å²) in [5.74, 6) is 0.572. The second-order valence-corrected chi connectivity index (χ2v) is 6.28. The Kier molecular flexibility index (Phi) is 4.99. The van der Waals surface area contributed by atoms with E-state index in [0.717, 1.165) is 32.2 Å². The molecule has 0 saturated heterocycles. The van der Waals surface area contributed by atoms with E-state index in [0.29, 0.717) is 12.5 Å². The zero-order chi connectivity index (χ0) is 13.7. The largest absolute Gasteiger partial charge is 0.465 e. The maximum atomic E-state index is 12.3. The number of thiophene rings is 1. The Morgan fingerprint density at radius 3 is 3.00 bits per heavy atom. The summed E-state index contributed by atoms with van der Waals surface area (Å²) in [7, 11) is 0. The molecule has 1 aliphatic carbocycles. The van der Waals surface area contributed by atoms with Crippen molar-refractivity contribution in [2.75, 3.05) is 6.61 Å². The van der Waals surface area contributed by atoms with Gasteiger partial charge in [-0.1, -0.05) is 19.4 Å². The zero-order valence-electron chi connectivity index (χ0n) is 11.8. The SMILES string of the molecule is CCOC(=O)C1(NCc2cccs2)CCC(CC)C1. The molecule has 1 aromatic heterocycles. The summed E-state index contributed by atoms with van der Waals surface area (Å²) < 4.78 is 5.29. The van der Waals surface area contributed by atoms with Crippen molar-refractivity contribution in [1.82, 2.24) is 5.32 Å². The maximum absolute atomic E-state index is 12.3. The molecular weight excluding hydrogens is 258 g/mol. The third-order valence-corrected chi connectivity index (χ3v) is 4.92. The topological polar surface area (TPSA) is 38.3 Å². The summed E-state index contributed by atoms with van der Waals surface area (Å²) in [5.41, 5.74) is -0.458. The van der Waals surface area contributed by atoms with Crippen LogP contribution in [-0.4, -0.2) is 18.1 Å². The highest BCUT2D eigenvalue weighted by molar-refractivity contribution is 7.09. The number of nitrogens with one attached hydrogen (secondary N) is 1. The van der Waals surface area contributed by atoms with E-state index in [-0.39, 0.29) is 5.97 Å².